The van der Waals surface area contributed by atoms with Gasteiger partial charge in [-0.15, -0.1) is 0 Å². The highest BCUT2D eigenvalue weighted by Crippen LogP contribution is 2.13. The Bertz CT molecular complexity index is 286. The van der Waals surface area contributed by atoms with Gasteiger partial charge in [0.05, 0.1) is 18.4 Å². The molecule has 5 nitrogen and oxygen atoms in total. The fourth-order valence-electron chi connectivity index (χ4n) is 1.58. The summed E-state index contributed by atoms with van der Waals surface area (Å²) in [6.45, 7) is 0.883. The van der Waals surface area contributed by atoms with E-state index in [1.807, 2.05) is 6.07 Å². The van der Waals surface area contributed by atoms with Gasteiger partial charge in [0, 0.05) is 26.6 Å². The molecule has 1 rings (SSSR count). The first-order valence-electron chi connectivity index (χ1n) is 5.03. The summed E-state index contributed by atoms with van der Waals surface area (Å²) in [6, 6.07) is 2.00. The normalized spacial score (nSPS) is 20.3. The quantitative estimate of drug-likeness (QED) is 0.704. The zero-order valence-corrected chi connectivity index (χ0v) is 8.82. The highest BCUT2D eigenvalue weighted by molar-refractivity contribution is 5.83. The number of amides is 2. The molecule has 1 fully saturated rings. The molecule has 1 aliphatic rings. The van der Waals surface area contributed by atoms with E-state index < -0.39 is 0 Å². The van der Waals surface area contributed by atoms with Gasteiger partial charge in [-0.3, -0.25) is 9.59 Å². The third kappa shape index (κ3) is 3.24. The van der Waals surface area contributed by atoms with Crippen LogP contribution in [0.3, 0.4) is 0 Å². The average molecular weight is 209 g/mol. The van der Waals surface area contributed by atoms with Crippen LogP contribution in [-0.4, -0.2) is 36.9 Å². The molecule has 1 unspecified atom stereocenters. The molecular formula is C10H15N3O2. The molecule has 1 N–H and O–H groups in total. The van der Waals surface area contributed by atoms with Crippen molar-refractivity contribution in [3.8, 4) is 6.07 Å². The molecule has 0 spiro atoms. The molecule has 15 heavy (non-hydrogen) atoms. The van der Waals surface area contributed by atoms with Crippen LogP contribution in [0.25, 0.3) is 0 Å². The summed E-state index contributed by atoms with van der Waals surface area (Å²) in [4.78, 5) is 24.2. The summed E-state index contributed by atoms with van der Waals surface area (Å²) in [5.41, 5.74) is 0. The van der Waals surface area contributed by atoms with Crippen LogP contribution in [0.15, 0.2) is 0 Å². The van der Waals surface area contributed by atoms with Crippen molar-refractivity contribution in [2.75, 3.05) is 20.1 Å². The van der Waals surface area contributed by atoms with Crippen molar-refractivity contribution in [2.45, 2.75) is 19.3 Å². The Hall–Kier alpha value is -1.57. The molecule has 1 saturated heterocycles. The lowest BCUT2D eigenvalue weighted by Crippen LogP contribution is -2.43. The van der Waals surface area contributed by atoms with Gasteiger partial charge < -0.3 is 10.2 Å². The van der Waals surface area contributed by atoms with Crippen LogP contribution in [0.4, 0.5) is 0 Å². The SMILES string of the molecule is CN(CCC#N)C(=O)C1CCC(=O)NC1. The molecule has 1 heterocycles. The number of carbonyl (C=O) groups is 2. The summed E-state index contributed by atoms with van der Waals surface area (Å²) in [7, 11) is 1.69. The average Bonchev–Trinajstić information content (AvgIpc) is 2.26. The molecule has 5 heteroatoms. The van der Waals surface area contributed by atoms with Crippen molar-refractivity contribution in [3.63, 3.8) is 0 Å². The van der Waals surface area contributed by atoms with Crippen LogP contribution in [0.1, 0.15) is 19.3 Å². The fourth-order valence-corrected chi connectivity index (χ4v) is 1.58. The highest BCUT2D eigenvalue weighted by Gasteiger charge is 2.26. The van der Waals surface area contributed by atoms with Gasteiger partial charge in [0.2, 0.25) is 11.8 Å². The summed E-state index contributed by atoms with van der Waals surface area (Å²) in [5.74, 6) is -0.0876. The van der Waals surface area contributed by atoms with Crippen molar-refractivity contribution in [1.82, 2.24) is 10.2 Å². The molecule has 0 aliphatic carbocycles. The van der Waals surface area contributed by atoms with Gasteiger partial charge >= 0.3 is 0 Å². The van der Waals surface area contributed by atoms with E-state index in [0.29, 0.717) is 32.4 Å². The van der Waals surface area contributed by atoms with E-state index in [2.05, 4.69) is 5.32 Å². The minimum absolute atomic E-state index is 0.0127. The van der Waals surface area contributed by atoms with E-state index >= 15 is 0 Å². The maximum absolute atomic E-state index is 11.8. The number of carbonyl (C=O) groups excluding carboxylic acids is 2. The van der Waals surface area contributed by atoms with E-state index in [4.69, 9.17) is 5.26 Å². The molecular weight excluding hydrogens is 194 g/mol. The predicted molar refractivity (Wildman–Crippen MR) is 53.6 cm³/mol. The number of piperidine rings is 1. The highest BCUT2D eigenvalue weighted by atomic mass is 16.2. The molecule has 0 bridgehead atoms. The molecule has 0 aromatic heterocycles. The third-order valence-corrected chi connectivity index (χ3v) is 2.55. The Morgan fingerprint density at radius 1 is 1.73 bits per heavy atom. The predicted octanol–water partition coefficient (Wildman–Crippen LogP) is -0.115. The molecule has 2 amide bonds. The number of hydrogen-bond donors (Lipinski definition) is 1. The van der Waals surface area contributed by atoms with E-state index in [1.165, 1.54) is 0 Å². The molecule has 0 radical (unpaired) electrons. The van der Waals surface area contributed by atoms with Gasteiger partial charge in [0.25, 0.3) is 0 Å². The van der Waals surface area contributed by atoms with Gasteiger partial charge in [-0.2, -0.15) is 5.26 Å². The maximum atomic E-state index is 11.8. The summed E-state index contributed by atoms with van der Waals surface area (Å²) < 4.78 is 0. The molecule has 0 saturated carbocycles. The topological polar surface area (TPSA) is 73.2 Å². The smallest absolute Gasteiger partial charge is 0.227 e. The van der Waals surface area contributed by atoms with Crippen molar-refractivity contribution in [3.05, 3.63) is 0 Å². The lowest BCUT2D eigenvalue weighted by atomic mass is 9.98. The molecule has 0 aromatic rings. The fraction of sp³-hybridized carbons (Fsp3) is 0.700. The molecule has 1 atom stereocenters. The number of nitrogens with zero attached hydrogens (tertiary/aromatic N) is 2. The van der Waals surface area contributed by atoms with Crippen LogP contribution in [0, 0.1) is 17.2 Å². The van der Waals surface area contributed by atoms with Gasteiger partial charge in [-0.05, 0) is 6.42 Å². The minimum atomic E-state index is -0.119. The van der Waals surface area contributed by atoms with Gasteiger partial charge in [-0.1, -0.05) is 0 Å². The first-order valence-corrected chi connectivity index (χ1v) is 5.03. The van der Waals surface area contributed by atoms with E-state index in [1.54, 1.807) is 11.9 Å². The second-order valence-corrected chi connectivity index (χ2v) is 3.71. The molecule has 82 valence electrons. The van der Waals surface area contributed by atoms with Crippen LogP contribution in [0.5, 0.6) is 0 Å². The van der Waals surface area contributed by atoms with Crippen LogP contribution in [-0.2, 0) is 9.59 Å². The van der Waals surface area contributed by atoms with Gasteiger partial charge in [-0.25, -0.2) is 0 Å². The summed E-state index contributed by atoms with van der Waals surface area (Å²) in [5, 5.41) is 11.1. The molecule has 0 aromatic carbocycles. The zero-order valence-electron chi connectivity index (χ0n) is 8.82. The van der Waals surface area contributed by atoms with Crippen molar-refractivity contribution in [2.24, 2.45) is 5.92 Å². The number of nitrogens with one attached hydrogen (secondary N) is 1. The Morgan fingerprint density at radius 3 is 3.00 bits per heavy atom. The second kappa shape index (κ2) is 5.35. The Morgan fingerprint density at radius 2 is 2.47 bits per heavy atom. The van der Waals surface area contributed by atoms with E-state index in [9.17, 15) is 9.59 Å². The standard InChI is InChI=1S/C10H15N3O2/c1-13(6-2-5-11)10(15)8-3-4-9(14)12-7-8/h8H,2-4,6-7H2,1H3,(H,12,14). The van der Waals surface area contributed by atoms with Crippen molar-refractivity contribution < 1.29 is 9.59 Å². The summed E-state index contributed by atoms with van der Waals surface area (Å²) >= 11 is 0. The van der Waals surface area contributed by atoms with Crippen LogP contribution >= 0.6 is 0 Å². The third-order valence-electron chi connectivity index (χ3n) is 2.55. The number of hydrogen-bond acceptors (Lipinski definition) is 3. The zero-order chi connectivity index (χ0) is 11.3. The van der Waals surface area contributed by atoms with E-state index in [-0.39, 0.29) is 17.7 Å². The Kier molecular flexibility index (Phi) is 4.10. The number of rotatable bonds is 3. The van der Waals surface area contributed by atoms with Gasteiger partial charge in [0.1, 0.15) is 0 Å². The largest absolute Gasteiger partial charge is 0.355 e. The lowest BCUT2D eigenvalue weighted by Gasteiger charge is -2.26. The van der Waals surface area contributed by atoms with Crippen LogP contribution in [0.2, 0.25) is 0 Å². The minimum Gasteiger partial charge on any atom is -0.355 e. The second-order valence-electron chi connectivity index (χ2n) is 3.71. The van der Waals surface area contributed by atoms with Crippen molar-refractivity contribution in [1.29, 1.82) is 5.26 Å². The first kappa shape index (κ1) is 11.5. The van der Waals surface area contributed by atoms with Gasteiger partial charge in [0.15, 0.2) is 0 Å². The lowest BCUT2D eigenvalue weighted by molar-refractivity contribution is -0.136. The monoisotopic (exact) mass is 209 g/mol. The Balaban J connectivity index is 2.39. The molecule has 1 aliphatic heterocycles. The van der Waals surface area contributed by atoms with Crippen molar-refractivity contribution >= 4 is 11.8 Å². The summed E-state index contributed by atoms with van der Waals surface area (Å²) in [6.07, 6.45) is 1.38. The first-order chi connectivity index (χ1) is 7.15. The van der Waals surface area contributed by atoms with Crippen LogP contribution < -0.4 is 5.32 Å². The van der Waals surface area contributed by atoms with E-state index in [0.717, 1.165) is 0 Å². The number of nitriles is 1. The maximum Gasteiger partial charge on any atom is 0.227 e. The Labute approximate surface area is 89.0 Å².